The normalized spacial score (nSPS) is 15.7. The molecular weight excluding hydrogens is 378 g/mol. The first kappa shape index (κ1) is 16.7. The second-order valence-corrected chi connectivity index (χ2v) is 7.13. The predicted molar refractivity (Wildman–Crippen MR) is 94.7 cm³/mol. The number of aromatic amines is 1. The van der Waals surface area contributed by atoms with Gasteiger partial charge in [0.1, 0.15) is 0 Å². The Balaban J connectivity index is 1.62. The van der Waals surface area contributed by atoms with Gasteiger partial charge in [-0.05, 0) is 11.6 Å². The van der Waals surface area contributed by atoms with E-state index in [0.717, 1.165) is 36.5 Å². The van der Waals surface area contributed by atoms with Crippen molar-refractivity contribution in [1.29, 1.82) is 0 Å². The maximum absolute atomic E-state index is 12.2. The first-order chi connectivity index (χ1) is 11.2. The lowest BCUT2D eigenvalue weighted by Crippen LogP contribution is -2.37. The number of nitrogens with one attached hydrogen (secondary N) is 1. The van der Waals surface area contributed by atoms with Gasteiger partial charge >= 0.3 is 0 Å². The molecule has 3 rings (SSSR count). The Kier molecular flexibility index (Phi) is 5.88. The molecule has 0 bridgehead atoms. The van der Waals surface area contributed by atoms with Crippen molar-refractivity contribution in [2.45, 2.75) is 17.5 Å². The molecule has 0 radical (unpaired) electrons. The summed E-state index contributed by atoms with van der Waals surface area (Å²) < 4.78 is 6.39. The van der Waals surface area contributed by atoms with Gasteiger partial charge in [-0.15, -0.1) is 0 Å². The van der Waals surface area contributed by atoms with E-state index in [2.05, 4.69) is 36.9 Å². The molecule has 5 nitrogen and oxygen atoms in total. The summed E-state index contributed by atoms with van der Waals surface area (Å²) in [5.74, 6) is 0.757. The smallest absolute Gasteiger partial charge is 0.256 e. The largest absolute Gasteiger partial charge is 0.379 e. The van der Waals surface area contributed by atoms with Gasteiger partial charge in [0.15, 0.2) is 5.16 Å². The SMILES string of the molecule is O=c1[nH]c(SCc2ccccc2Br)ncc1CN1CCOCC1. The molecule has 2 heterocycles. The average molecular weight is 396 g/mol. The van der Waals surface area contributed by atoms with E-state index in [1.807, 2.05) is 18.2 Å². The van der Waals surface area contributed by atoms with Crippen LogP contribution in [0.1, 0.15) is 11.1 Å². The lowest BCUT2D eigenvalue weighted by molar-refractivity contribution is 0.0339. The van der Waals surface area contributed by atoms with Crippen LogP contribution < -0.4 is 5.56 Å². The van der Waals surface area contributed by atoms with Crippen LogP contribution in [-0.4, -0.2) is 41.2 Å². The number of nitrogens with zero attached hydrogens (tertiary/aromatic N) is 2. The highest BCUT2D eigenvalue weighted by Gasteiger charge is 2.13. The summed E-state index contributed by atoms with van der Waals surface area (Å²) in [6, 6.07) is 8.06. The maximum atomic E-state index is 12.2. The van der Waals surface area contributed by atoms with Crippen LogP contribution in [-0.2, 0) is 17.0 Å². The van der Waals surface area contributed by atoms with Crippen LogP contribution in [0.4, 0.5) is 0 Å². The fourth-order valence-electron chi connectivity index (χ4n) is 2.35. The first-order valence-corrected chi connectivity index (χ1v) is 9.25. The molecule has 0 amide bonds. The second-order valence-electron chi connectivity index (χ2n) is 5.31. The zero-order valence-electron chi connectivity index (χ0n) is 12.6. The van der Waals surface area contributed by atoms with Gasteiger partial charge < -0.3 is 9.72 Å². The van der Waals surface area contributed by atoms with Gasteiger partial charge in [-0.2, -0.15) is 0 Å². The number of halogens is 1. The van der Waals surface area contributed by atoms with Crippen molar-refractivity contribution in [2.24, 2.45) is 0 Å². The zero-order valence-corrected chi connectivity index (χ0v) is 15.0. The number of ether oxygens (including phenoxy) is 1. The van der Waals surface area contributed by atoms with E-state index in [9.17, 15) is 4.79 Å². The van der Waals surface area contributed by atoms with E-state index < -0.39 is 0 Å². The number of aromatic nitrogens is 2. The minimum atomic E-state index is -0.0545. The van der Waals surface area contributed by atoms with Gasteiger partial charge in [0.2, 0.25) is 0 Å². The average Bonchev–Trinajstić information content (AvgIpc) is 2.57. The van der Waals surface area contributed by atoms with E-state index in [4.69, 9.17) is 4.74 Å². The highest BCUT2D eigenvalue weighted by Crippen LogP contribution is 2.24. The molecule has 1 aromatic heterocycles. The fourth-order valence-corrected chi connectivity index (χ4v) is 3.80. The standard InChI is InChI=1S/C16H18BrN3O2S/c17-14-4-2-1-3-12(14)11-23-16-18-9-13(15(21)19-16)10-20-5-7-22-8-6-20/h1-4,9H,5-8,10-11H2,(H,18,19,21). The molecule has 1 fully saturated rings. The minimum Gasteiger partial charge on any atom is -0.379 e. The molecule has 2 aromatic rings. The Hall–Kier alpha value is -1.15. The van der Waals surface area contributed by atoms with E-state index in [1.165, 1.54) is 17.3 Å². The number of thioether (sulfide) groups is 1. The van der Waals surface area contributed by atoms with Crippen LogP contribution >= 0.6 is 27.7 Å². The molecule has 0 aliphatic carbocycles. The zero-order chi connectivity index (χ0) is 16.1. The van der Waals surface area contributed by atoms with Crippen LogP contribution in [0.25, 0.3) is 0 Å². The molecule has 0 atom stereocenters. The van der Waals surface area contributed by atoms with Crippen LogP contribution in [0.3, 0.4) is 0 Å². The monoisotopic (exact) mass is 395 g/mol. The van der Waals surface area contributed by atoms with E-state index in [0.29, 0.717) is 17.3 Å². The van der Waals surface area contributed by atoms with Gasteiger partial charge in [-0.3, -0.25) is 9.69 Å². The molecule has 0 unspecified atom stereocenters. The number of benzene rings is 1. The van der Waals surface area contributed by atoms with Crippen molar-refractivity contribution in [1.82, 2.24) is 14.9 Å². The van der Waals surface area contributed by atoms with Crippen molar-refractivity contribution < 1.29 is 4.74 Å². The topological polar surface area (TPSA) is 58.2 Å². The molecule has 122 valence electrons. The third kappa shape index (κ3) is 4.67. The van der Waals surface area contributed by atoms with Gasteiger partial charge in [-0.25, -0.2) is 4.98 Å². The molecule has 0 saturated carbocycles. The summed E-state index contributed by atoms with van der Waals surface area (Å²) in [5.41, 5.74) is 1.83. The van der Waals surface area contributed by atoms with Crippen molar-refractivity contribution in [3.05, 3.63) is 56.4 Å². The van der Waals surface area contributed by atoms with Crippen molar-refractivity contribution in [2.75, 3.05) is 26.3 Å². The van der Waals surface area contributed by atoms with Gasteiger partial charge in [0, 0.05) is 41.6 Å². The molecular formula is C16H18BrN3O2S. The maximum Gasteiger partial charge on any atom is 0.256 e. The molecule has 7 heteroatoms. The van der Waals surface area contributed by atoms with Gasteiger partial charge in [0.05, 0.1) is 13.2 Å². The molecule has 1 saturated heterocycles. The van der Waals surface area contributed by atoms with E-state index >= 15 is 0 Å². The lowest BCUT2D eigenvalue weighted by Gasteiger charge is -2.26. The summed E-state index contributed by atoms with van der Waals surface area (Å²) in [6.45, 7) is 3.80. The van der Waals surface area contributed by atoms with Crippen molar-refractivity contribution in [3.8, 4) is 0 Å². The highest BCUT2D eigenvalue weighted by molar-refractivity contribution is 9.10. The number of rotatable bonds is 5. The van der Waals surface area contributed by atoms with E-state index in [1.54, 1.807) is 6.20 Å². The fraction of sp³-hybridized carbons (Fsp3) is 0.375. The molecule has 23 heavy (non-hydrogen) atoms. The highest BCUT2D eigenvalue weighted by atomic mass is 79.9. The summed E-state index contributed by atoms with van der Waals surface area (Å²) in [7, 11) is 0. The molecule has 1 aliphatic rings. The van der Waals surface area contributed by atoms with Crippen LogP contribution in [0.15, 0.2) is 44.9 Å². The van der Waals surface area contributed by atoms with E-state index in [-0.39, 0.29) is 5.56 Å². The van der Waals surface area contributed by atoms with Gasteiger partial charge in [-0.1, -0.05) is 45.9 Å². The van der Waals surface area contributed by atoms with Gasteiger partial charge in [0.25, 0.3) is 5.56 Å². The summed E-state index contributed by atoms with van der Waals surface area (Å²) in [5, 5.41) is 0.650. The Morgan fingerprint density at radius 1 is 1.26 bits per heavy atom. The number of hydrogen-bond acceptors (Lipinski definition) is 5. The quantitative estimate of drug-likeness (QED) is 0.622. The Morgan fingerprint density at radius 2 is 2.04 bits per heavy atom. The first-order valence-electron chi connectivity index (χ1n) is 7.47. The third-order valence-corrected chi connectivity index (χ3v) is 5.38. The molecule has 1 aromatic carbocycles. The number of morpholine rings is 1. The Bertz CT molecular complexity index is 716. The number of hydrogen-bond donors (Lipinski definition) is 1. The van der Waals surface area contributed by atoms with Crippen LogP contribution in [0.2, 0.25) is 0 Å². The van der Waals surface area contributed by atoms with Crippen molar-refractivity contribution in [3.63, 3.8) is 0 Å². The predicted octanol–water partition coefficient (Wildman–Crippen LogP) is 2.66. The molecule has 0 spiro atoms. The summed E-state index contributed by atoms with van der Waals surface area (Å²) >= 11 is 5.06. The second kappa shape index (κ2) is 8.10. The Labute approximate surface area is 147 Å². The van der Waals surface area contributed by atoms with Crippen LogP contribution in [0, 0.1) is 0 Å². The number of H-pyrrole nitrogens is 1. The molecule has 1 N–H and O–H groups in total. The summed E-state index contributed by atoms with van der Waals surface area (Å²) in [6.07, 6.45) is 1.69. The third-order valence-electron chi connectivity index (χ3n) is 3.67. The van der Waals surface area contributed by atoms with Crippen LogP contribution in [0.5, 0.6) is 0 Å². The minimum absolute atomic E-state index is 0.0545. The summed E-state index contributed by atoms with van der Waals surface area (Å²) in [4.78, 5) is 21.7. The van der Waals surface area contributed by atoms with Crippen molar-refractivity contribution >= 4 is 27.7 Å². The Morgan fingerprint density at radius 3 is 2.78 bits per heavy atom. The lowest BCUT2D eigenvalue weighted by atomic mass is 10.2. The molecule has 1 aliphatic heterocycles.